The van der Waals surface area contributed by atoms with E-state index in [0.29, 0.717) is 11.7 Å². The van der Waals surface area contributed by atoms with Crippen LogP contribution in [0.2, 0.25) is 0 Å². The highest BCUT2D eigenvalue weighted by molar-refractivity contribution is 6.05. The molecule has 1 spiro atoms. The number of piperidine rings is 1. The molecule has 2 nitrogen and oxygen atoms in total. The molecule has 0 N–H and O–H groups in total. The lowest BCUT2D eigenvalue weighted by Crippen LogP contribution is -2.44. The first-order valence-electron chi connectivity index (χ1n) is 7.46. The van der Waals surface area contributed by atoms with Crippen LogP contribution in [0.5, 0.6) is 0 Å². The van der Waals surface area contributed by atoms with Gasteiger partial charge in [0.1, 0.15) is 0 Å². The number of rotatable bonds is 2. The zero-order valence-electron chi connectivity index (χ0n) is 12.0. The number of carbonyl (C=O) groups is 1. The van der Waals surface area contributed by atoms with Crippen LogP contribution >= 0.6 is 0 Å². The lowest BCUT2D eigenvalue weighted by Gasteiger charge is -2.38. The fraction of sp³-hybridized carbons (Fsp3) is 0.588. The van der Waals surface area contributed by atoms with Crippen molar-refractivity contribution in [2.75, 3.05) is 19.6 Å². The van der Waals surface area contributed by atoms with Crippen LogP contribution in [-0.4, -0.2) is 30.3 Å². The Morgan fingerprint density at radius 3 is 2.53 bits per heavy atom. The van der Waals surface area contributed by atoms with Crippen molar-refractivity contribution < 1.29 is 4.79 Å². The van der Waals surface area contributed by atoms with Gasteiger partial charge in [-0.15, -0.1) is 0 Å². The van der Waals surface area contributed by atoms with Gasteiger partial charge in [0.05, 0.1) is 0 Å². The summed E-state index contributed by atoms with van der Waals surface area (Å²) in [5, 5.41) is 0. The fourth-order valence-electron chi connectivity index (χ4n) is 3.71. The standard InChI is InChI=1S/C17H23NO/c1-13(2)12-18-9-7-17(8-10-18)11-14-5-3-4-6-15(14)16(17)19/h3-6,13H,7-12H2,1-2H3. The number of benzene rings is 1. The van der Waals surface area contributed by atoms with E-state index in [1.165, 1.54) is 5.56 Å². The van der Waals surface area contributed by atoms with Crippen molar-refractivity contribution in [2.24, 2.45) is 11.3 Å². The molecule has 0 radical (unpaired) electrons. The van der Waals surface area contributed by atoms with Crippen molar-refractivity contribution in [1.29, 1.82) is 0 Å². The number of carbonyl (C=O) groups excluding carboxylic acids is 1. The second-order valence-electron chi connectivity index (χ2n) is 6.64. The van der Waals surface area contributed by atoms with Crippen molar-refractivity contribution in [3.63, 3.8) is 0 Å². The van der Waals surface area contributed by atoms with Crippen LogP contribution in [0.3, 0.4) is 0 Å². The van der Waals surface area contributed by atoms with E-state index in [2.05, 4.69) is 30.9 Å². The first-order chi connectivity index (χ1) is 9.11. The number of hydrogen-bond donors (Lipinski definition) is 0. The molecule has 0 atom stereocenters. The van der Waals surface area contributed by atoms with Crippen LogP contribution in [0.4, 0.5) is 0 Å². The van der Waals surface area contributed by atoms with Crippen molar-refractivity contribution in [2.45, 2.75) is 33.1 Å². The van der Waals surface area contributed by atoms with Gasteiger partial charge >= 0.3 is 0 Å². The van der Waals surface area contributed by atoms with Crippen LogP contribution < -0.4 is 0 Å². The third-order valence-corrected chi connectivity index (χ3v) is 4.71. The number of ketones is 1. The van der Waals surface area contributed by atoms with E-state index < -0.39 is 0 Å². The highest BCUT2D eigenvalue weighted by Crippen LogP contribution is 2.44. The molecule has 1 aromatic carbocycles. The van der Waals surface area contributed by atoms with Gasteiger partial charge in [-0.25, -0.2) is 0 Å². The zero-order valence-corrected chi connectivity index (χ0v) is 12.0. The molecular formula is C17H23NO. The van der Waals surface area contributed by atoms with Gasteiger partial charge < -0.3 is 4.90 Å². The maximum absolute atomic E-state index is 12.7. The summed E-state index contributed by atoms with van der Waals surface area (Å²) in [4.78, 5) is 15.2. The number of Topliss-reactive ketones (excluding diaryl/α,β-unsaturated/α-hetero) is 1. The molecule has 19 heavy (non-hydrogen) atoms. The highest BCUT2D eigenvalue weighted by atomic mass is 16.1. The predicted octanol–water partition coefficient (Wildman–Crippen LogP) is 3.16. The van der Waals surface area contributed by atoms with Crippen LogP contribution in [0.15, 0.2) is 24.3 Å². The van der Waals surface area contributed by atoms with Crippen LogP contribution in [0, 0.1) is 11.3 Å². The molecule has 1 heterocycles. The number of nitrogens with zero attached hydrogens (tertiary/aromatic N) is 1. The molecule has 102 valence electrons. The molecule has 0 aromatic heterocycles. The van der Waals surface area contributed by atoms with Gasteiger partial charge in [0, 0.05) is 17.5 Å². The number of likely N-dealkylation sites (tertiary alicyclic amines) is 1. The quantitative estimate of drug-likeness (QED) is 0.811. The first-order valence-corrected chi connectivity index (χ1v) is 7.46. The van der Waals surface area contributed by atoms with Crippen LogP contribution in [0.1, 0.15) is 42.6 Å². The van der Waals surface area contributed by atoms with Gasteiger partial charge in [-0.3, -0.25) is 4.79 Å². The summed E-state index contributed by atoms with van der Waals surface area (Å²) in [6.45, 7) is 7.86. The molecule has 0 bridgehead atoms. The number of hydrogen-bond acceptors (Lipinski definition) is 2. The van der Waals surface area contributed by atoms with Crippen molar-refractivity contribution in [3.8, 4) is 0 Å². The molecular weight excluding hydrogens is 234 g/mol. The Morgan fingerprint density at radius 1 is 1.21 bits per heavy atom. The summed E-state index contributed by atoms with van der Waals surface area (Å²) in [5.74, 6) is 1.12. The van der Waals surface area contributed by atoms with E-state index in [0.717, 1.165) is 44.5 Å². The molecule has 1 aliphatic carbocycles. The average Bonchev–Trinajstić information content (AvgIpc) is 2.66. The predicted molar refractivity (Wildman–Crippen MR) is 77.4 cm³/mol. The summed E-state index contributed by atoms with van der Waals surface area (Å²) in [6.07, 6.45) is 3.04. The highest BCUT2D eigenvalue weighted by Gasteiger charge is 2.46. The summed E-state index contributed by atoms with van der Waals surface area (Å²) in [6, 6.07) is 8.18. The van der Waals surface area contributed by atoms with E-state index in [1.54, 1.807) is 0 Å². The zero-order chi connectivity index (χ0) is 13.5. The summed E-state index contributed by atoms with van der Waals surface area (Å²) in [5.41, 5.74) is 2.18. The summed E-state index contributed by atoms with van der Waals surface area (Å²) in [7, 11) is 0. The Labute approximate surface area is 115 Å². The maximum atomic E-state index is 12.7. The van der Waals surface area contributed by atoms with E-state index >= 15 is 0 Å². The minimum atomic E-state index is -0.0723. The van der Waals surface area contributed by atoms with Crippen molar-refractivity contribution >= 4 is 5.78 Å². The van der Waals surface area contributed by atoms with Gasteiger partial charge in [0.15, 0.2) is 5.78 Å². The minimum absolute atomic E-state index is 0.0723. The molecule has 1 aliphatic heterocycles. The SMILES string of the molecule is CC(C)CN1CCC2(CC1)Cc1ccccc1C2=O. The van der Waals surface area contributed by atoms with Gasteiger partial charge in [0.2, 0.25) is 0 Å². The first kappa shape index (κ1) is 12.9. The molecule has 0 saturated carbocycles. The van der Waals surface area contributed by atoms with Gasteiger partial charge in [-0.05, 0) is 43.8 Å². The molecule has 1 fully saturated rings. The molecule has 3 rings (SSSR count). The number of fused-ring (bicyclic) bond motifs is 1. The third kappa shape index (κ3) is 2.23. The molecule has 2 aliphatic rings. The van der Waals surface area contributed by atoms with Gasteiger partial charge in [-0.2, -0.15) is 0 Å². The van der Waals surface area contributed by atoms with Gasteiger partial charge in [-0.1, -0.05) is 38.1 Å². The van der Waals surface area contributed by atoms with Gasteiger partial charge in [0.25, 0.3) is 0 Å². The maximum Gasteiger partial charge on any atom is 0.169 e. The summed E-state index contributed by atoms with van der Waals surface area (Å²) >= 11 is 0. The molecule has 2 heteroatoms. The second kappa shape index (κ2) is 4.75. The topological polar surface area (TPSA) is 20.3 Å². The summed E-state index contributed by atoms with van der Waals surface area (Å²) < 4.78 is 0. The van der Waals surface area contributed by atoms with E-state index in [-0.39, 0.29) is 5.41 Å². The Kier molecular flexibility index (Phi) is 3.22. The lowest BCUT2D eigenvalue weighted by molar-refractivity contribution is 0.0617. The van der Waals surface area contributed by atoms with Crippen LogP contribution in [-0.2, 0) is 6.42 Å². The molecule has 0 unspecified atom stereocenters. The minimum Gasteiger partial charge on any atom is -0.303 e. The molecule has 0 amide bonds. The third-order valence-electron chi connectivity index (χ3n) is 4.71. The average molecular weight is 257 g/mol. The lowest BCUT2D eigenvalue weighted by atomic mass is 9.75. The fourth-order valence-corrected chi connectivity index (χ4v) is 3.71. The molecule has 1 aromatic rings. The molecule has 1 saturated heterocycles. The Morgan fingerprint density at radius 2 is 1.89 bits per heavy atom. The Hall–Kier alpha value is -1.15. The largest absolute Gasteiger partial charge is 0.303 e. The monoisotopic (exact) mass is 257 g/mol. The normalized spacial score (nSPS) is 22.2. The van der Waals surface area contributed by atoms with E-state index in [4.69, 9.17) is 0 Å². The smallest absolute Gasteiger partial charge is 0.169 e. The second-order valence-corrected chi connectivity index (χ2v) is 6.64. The Bertz CT molecular complexity index is 484. The van der Waals surface area contributed by atoms with Crippen molar-refractivity contribution in [1.82, 2.24) is 4.90 Å². The van der Waals surface area contributed by atoms with E-state index in [9.17, 15) is 4.79 Å². The van der Waals surface area contributed by atoms with E-state index in [1.807, 2.05) is 12.1 Å². The Balaban J connectivity index is 1.74. The van der Waals surface area contributed by atoms with Crippen molar-refractivity contribution in [3.05, 3.63) is 35.4 Å². The van der Waals surface area contributed by atoms with Crippen LogP contribution in [0.25, 0.3) is 0 Å².